The molecule has 0 spiro atoms. The number of ether oxygens (including phenoxy) is 1. The minimum absolute atomic E-state index is 0.0406. The first kappa shape index (κ1) is 14.9. The van der Waals surface area contributed by atoms with Crippen LogP contribution in [0.3, 0.4) is 0 Å². The second-order valence-electron chi connectivity index (χ2n) is 4.54. The fourth-order valence-electron chi connectivity index (χ4n) is 1.95. The fraction of sp³-hybridized carbons (Fsp3) is 0.188. The van der Waals surface area contributed by atoms with Crippen molar-refractivity contribution in [2.75, 3.05) is 7.11 Å². The number of phenolic OH excluding ortho intramolecular Hbond substituents is 1. The molecule has 5 heteroatoms. The van der Waals surface area contributed by atoms with Crippen molar-refractivity contribution in [1.82, 2.24) is 5.32 Å². The predicted molar refractivity (Wildman–Crippen MR) is 78.2 cm³/mol. The van der Waals surface area contributed by atoms with Gasteiger partial charge in [-0.2, -0.15) is 0 Å². The maximum atomic E-state index is 12.0. The van der Waals surface area contributed by atoms with E-state index in [1.807, 2.05) is 18.2 Å². The summed E-state index contributed by atoms with van der Waals surface area (Å²) < 4.78 is 4.97. The van der Waals surface area contributed by atoms with Crippen LogP contribution in [-0.4, -0.2) is 23.2 Å². The Labute approximate surface area is 122 Å². The first-order valence-electron chi connectivity index (χ1n) is 6.48. The number of hydrogen-bond donors (Lipinski definition) is 3. The van der Waals surface area contributed by atoms with Crippen LogP contribution in [0.4, 0.5) is 0 Å². The number of benzene rings is 2. The van der Waals surface area contributed by atoms with Crippen molar-refractivity contribution in [2.24, 2.45) is 0 Å². The van der Waals surface area contributed by atoms with Gasteiger partial charge in [0.25, 0.3) is 5.91 Å². The van der Waals surface area contributed by atoms with Crippen molar-refractivity contribution in [2.45, 2.75) is 13.2 Å². The number of hydrogen-bond acceptors (Lipinski definition) is 4. The second kappa shape index (κ2) is 6.76. The van der Waals surface area contributed by atoms with Gasteiger partial charge in [0.15, 0.2) is 0 Å². The van der Waals surface area contributed by atoms with E-state index in [0.29, 0.717) is 12.3 Å². The molecule has 21 heavy (non-hydrogen) atoms. The smallest absolute Gasteiger partial charge is 0.255 e. The summed E-state index contributed by atoms with van der Waals surface area (Å²) in [6, 6.07) is 11.8. The largest absolute Gasteiger partial charge is 0.507 e. The average Bonchev–Trinajstić information content (AvgIpc) is 2.52. The van der Waals surface area contributed by atoms with Crippen LogP contribution >= 0.6 is 0 Å². The number of methoxy groups -OCH3 is 1. The van der Waals surface area contributed by atoms with Crippen LogP contribution in [-0.2, 0) is 13.2 Å². The Morgan fingerprint density at radius 3 is 2.62 bits per heavy atom. The van der Waals surface area contributed by atoms with E-state index in [-0.39, 0.29) is 23.8 Å². The van der Waals surface area contributed by atoms with Crippen LogP contribution in [0.25, 0.3) is 0 Å². The summed E-state index contributed by atoms with van der Waals surface area (Å²) in [6.45, 7) is 0.277. The topological polar surface area (TPSA) is 78.8 Å². The van der Waals surface area contributed by atoms with E-state index < -0.39 is 0 Å². The molecular formula is C16H17NO4. The SMILES string of the molecule is COc1ccc(C(=O)NCc2cccc(CO)c2)c(O)c1. The third-order valence-corrected chi connectivity index (χ3v) is 3.08. The average molecular weight is 287 g/mol. The monoisotopic (exact) mass is 287 g/mol. The lowest BCUT2D eigenvalue weighted by molar-refractivity contribution is 0.0948. The molecule has 0 aliphatic heterocycles. The Balaban J connectivity index is 2.04. The Bertz CT molecular complexity index is 640. The number of aliphatic hydroxyl groups is 1. The Morgan fingerprint density at radius 1 is 1.19 bits per heavy atom. The van der Waals surface area contributed by atoms with Gasteiger partial charge < -0.3 is 20.3 Å². The molecule has 0 radical (unpaired) electrons. The summed E-state index contributed by atoms with van der Waals surface area (Å²) in [4.78, 5) is 12.0. The molecule has 1 amide bonds. The molecule has 0 fully saturated rings. The Kier molecular flexibility index (Phi) is 4.79. The van der Waals surface area contributed by atoms with Crippen LogP contribution in [0.2, 0.25) is 0 Å². The lowest BCUT2D eigenvalue weighted by Crippen LogP contribution is -2.22. The van der Waals surface area contributed by atoms with E-state index in [0.717, 1.165) is 11.1 Å². The summed E-state index contributed by atoms with van der Waals surface area (Å²) in [6.07, 6.45) is 0. The maximum absolute atomic E-state index is 12.0. The van der Waals surface area contributed by atoms with Gasteiger partial charge in [0, 0.05) is 12.6 Å². The van der Waals surface area contributed by atoms with Gasteiger partial charge in [-0.25, -0.2) is 0 Å². The standard InChI is InChI=1S/C16H17NO4/c1-21-13-5-6-14(15(19)8-13)16(20)17-9-11-3-2-4-12(7-11)10-18/h2-8,18-19H,9-10H2,1H3,(H,17,20). The molecule has 5 nitrogen and oxygen atoms in total. The highest BCUT2D eigenvalue weighted by Crippen LogP contribution is 2.23. The van der Waals surface area contributed by atoms with Crippen molar-refractivity contribution in [3.63, 3.8) is 0 Å². The van der Waals surface area contributed by atoms with Gasteiger partial charge in [0.05, 0.1) is 19.3 Å². The van der Waals surface area contributed by atoms with Gasteiger partial charge in [-0.3, -0.25) is 4.79 Å². The first-order chi connectivity index (χ1) is 10.1. The van der Waals surface area contributed by atoms with Crippen LogP contribution < -0.4 is 10.1 Å². The van der Waals surface area contributed by atoms with E-state index in [9.17, 15) is 9.90 Å². The van der Waals surface area contributed by atoms with Crippen LogP contribution in [0, 0.1) is 0 Å². The van der Waals surface area contributed by atoms with Gasteiger partial charge in [-0.15, -0.1) is 0 Å². The van der Waals surface area contributed by atoms with Gasteiger partial charge in [0.2, 0.25) is 0 Å². The number of rotatable bonds is 5. The molecule has 2 aromatic rings. The highest BCUT2D eigenvalue weighted by atomic mass is 16.5. The molecule has 3 N–H and O–H groups in total. The minimum Gasteiger partial charge on any atom is -0.507 e. The molecule has 0 unspecified atom stereocenters. The summed E-state index contributed by atoms with van der Waals surface area (Å²) in [7, 11) is 1.49. The predicted octanol–water partition coefficient (Wildman–Crippen LogP) is 1.82. The highest BCUT2D eigenvalue weighted by molar-refractivity contribution is 5.96. The van der Waals surface area contributed by atoms with E-state index in [1.54, 1.807) is 12.1 Å². The molecule has 0 saturated heterocycles. The van der Waals surface area contributed by atoms with Gasteiger partial charge in [0.1, 0.15) is 11.5 Å². The fourth-order valence-corrected chi connectivity index (χ4v) is 1.95. The molecule has 2 rings (SSSR count). The van der Waals surface area contributed by atoms with Crippen molar-refractivity contribution in [3.05, 3.63) is 59.2 Å². The molecule has 0 atom stereocenters. The summed E-state index contributed by atoms with van der Waals surface area (Å²) >= 11 is 0. The quantitative estimate of drug-likeness (QED) is 0.784. The number of carbonyl (C=O) groups excluding carboxylic acids is 1. The lowest BCUT2D eigenvalue weighted by atomic mass is 10.1. The summed E-state index contributed by atoms with van der Waals surface area (Å²) in [5, 5.41) is 21.6. The van der Waals surface area contributed by atoms with E-state index in [1.165, 1.54) is 19.2 Å². The number of phenols is 1. The van der Waals surface area contributed by atoms with Crippen molar-refractivity contribution >= 4 is 5.91 Å². The number of carbonyl (C=O) groups is 1. The third kappa shape index (κ3) is 3.73. The molecule has 0 bridgehead atoms. The molecule has 110 valence electrons. The summed E-state index contributed by atoms with van der Waals surface area (Å²) in [5.74, 6) is -0.0137. The van der Waals surface area contributed by atoms with Gasteiger partial charge in [-0.05, 0) is 23.3 Å². The number of aromatic hydroxyl groups is 1. The van der Waals surface area contributed by atoms with E-state index >= 15 is 0 Å². The van der Waals surface area contributed by atoms with Crippen LogP contribution in [0.1, 0.15) is 21.5 Å². The second-order valence-corrected chi connectivity index (χ2v) is 4.54. The number of amides is 1. The highest BCUT2D eigenvalue weighted by Gasteiger charge is 2.11. The molecule has 0 saturated carbocycles. The third-order valence-electron chi connectivity index (χ3n) is 3.08. The van der Waals surface area contributed by atoms with Crippen molar-refractivity contribution in [1.29, 1.82) is 0 Å². The zero-order valence-electron chi connectivity index (χ0n) is 11.7. The molecule has 2 aromatic carbocycles. The maximum Gasteiger partial charge on any atom is 0.255 e. The Morgan fingerprint density at radius 2 is 1.95 bits per heavy atom. The zero-order chi connectivity index (χ0) is 15.2. The number of aliphatic hydroxyl groups excluding tert-OH is 1. The van der Waals surface area contributed by atoms with Gasteiger partial charge >= 0.3 is 0 Å². The zero-order valence-corrected chi connectivity index (χ0v) is 11.7. The molecule has 0 aliphatic carbocycles. The molecule has 0 aromatic heterocycles. The van der Waals surface area contributed by atoms with Crippen molar-refractivity contribution in [3.8, 4) is 11.5 Å². The molecule has 0 heterocycles. The number of nitrogens with one attached hydrogen (secondary N) is 1. The lowest BCUT2D eigenvalue weighted by Gasteiger charge is -2.09. The van der Waals surface area contributed by atoms with Crippen LogP contribution in [0.5, 0.6) is 11.5 Å². The first-order valence-corrected chi connectivity index (χ1v) is 6.48. The van der Waals surface area contributed by atoms with E-state index in [2.05, 4.69) is 5.32 Å². The molecular weight excluding hydrogens is 270 g/mol. The van der Waals surface area contributed by atoms with E-state index in [4.69, 9.17) is 9.84 Å². The van der Waals surface area contributed by atoms with Gasteiger partial charge in [-0.1, -0.05) is 24.3 Å². The van der Waals surface area contributed by atoms with Crippen molar-refractivity contribution < 1.29 is 19.7 Å². The minimum atomic E-state index is -0.371. The summed E-state index contributed by atoms with van der Waals surface area (Å²) in [5.41, 5.74) is 1.85. The normalized spacial score (nSPS) is 10.2. The van der Waals surface area contributed by atoms with Crippen LogP contribution in [0.15, 0.2) is 42.5 Å². The molecule has 0 aliphatic rings. The Hall–Kier alpha value is -2.53.